The van der Waals surface area contributed by atoms with Crippen LogP contribution in [0.4, 0.5) is 5.82 Å². The summed E-state index contributed by atoms with van der Waals surface area (Å²) in [5.74, 6) is 6.03. The van der Waals surface area contributed by atoms with E-state index < -0.39 is 0 Å². The van der Waals surface area contributed by atoms with Gasteiger partial charge in [-0.3, -0.25) is 16.3 Å². The number of hydrazine groups is 1. The first-order chi connectivity index (χ1) is 9.10. The van der Waals surface area contributed by atoms with Gasteiger partial charge in [0.15, 0.2) is 0 Å². The predicted molar refractivity (Wildman–Crippen MR) is 76.7 cm³/mol. The average molecular weight is 298 g/mol. The molecule has 0 radical (unpaired) electrons. The van der Waals surface area contributed by atoms with Gasteiger partial charge in [-0.15, -0.1) is 0 Å². The molecule has 0 fully saturated rings. The fourth-order valence-corrected chi connectivity index (χ4v) is 2.28. The number of hydrogen-bond donors (Lipinski definition) is 3. The summed E-state index contributed by atoms with van der Waals surface area (Å²) in [6.45, 7) is 0. The number of nitrogen functional groups attached to an aromatic ring is 1. The van der Waals surface area contributed by atoms with Gasteiger partial charge in [0.2, 0.25) is 0 Å². The van der Waals surface area contributed by atoms with Gasteiger partial charge in [0.25, 0.3) is 0 Å². The van der Waals surface area contributed by atoms with E-state index in [0.717, 1.165) is 5.56 Å². The van der Waals surface area contributed by atoms with Crippen LogP contribution in [0.3, 0.4) is 0 Å². The number of rotatable bonds is 4. The van der Waals surface area contributed by atoms with Crippen LogP contribution in [-0.4, -0.2) is 9.97 Å². The Bertz CT molecular complexity index is 576. The Labute approximate surface area is 120 Å². The molecular weight excluding hydrogens is 285 g/mol. The van der Waals surface area contributed by atoms with E-state index in [0.29, 0.717) is 28.0 Å². The lowest BCUT2D eigenvalue weighted by atomic mass is 10.0. The average Bonchev–Trinajstić information content (AvgIpc) is 2.37. The van der Waals surface area contributed by atoms with Gasteiger partial charge in [-0.1, -0.05) is 23.2 Å². The molecule has 0 spiro atoms. The first-order valence-electron chi connectivity index (χ1n) is 5.57. The Morgan fingerprint density at radius 2 is 2.05 bits per heavy atom. The minimum atomic E-state index is -0.230. The molecule has 0 amide bonds. The van der Waals surface area contributed by atoms with E-state index in [1.807, 2.05) is 6.07 Å². The maximum Gasteiger partial charge on any atom is 0.123 e. The number of anilines is 1. The molecule has 1 atom stereocenters. The van der Waals surface area contributed by atoms with E-state index >= 15 is 0 Å². The highest BCUT2D eigenvalue weighted by Gasteiger charge is 2.16. The monoisotopic (exact) mass is 297 g/mol. The third-order valence-electron chi connectivity index (χ3n) is 2.65. The highest BCUT2D eigenvalue weighted by molar-refractivity contribution is 6.34. The van der Waals surface area contributed by atoms with Crippen molar-refractivity contribution < 1.29 is 0 Å². The van der Waals surface area contributed by atoms with Gasteiger partial charge in [-0.2, -0.15) is 0 Å². The highest BCUT2D eigenvalue weighted by atomic mass is 35.5. The fraction of sp³-hybridized carbons (Fsp3) is 0.167. The maximum atomic E-state index is 6.12. The van der Waals surface area contributed by atoms with E-state index in [1.54, 1.807) is 18.3 Å². The molecule has 0 aliphatic rings. The molecule has 0 saturated heterocycles. The van der Waals surface area contributed by atoms with Crippen molar-refractivity contribution in [3.63, 3.8) is 0 Å². The maximum absolute atomic E-state index is 6.12. The molecule has 2 rings (SSSR count). The predicted octanol–water partition coefficient (Wildman–Crippen LogP) is 2.11. The van der Waals surface area contributed by atoms with Crippen LogP contribution in [0.5, 0.6) is 0 Å². The second-order valence-corrected chi connectivity index (χ2v) is 4.88. The highest BCUT2D eigenvalue weighted by Crippen LogP contribution is 2.25. The quantitative estimate of drug-likeness (QED) is 0.594. The molecule has 0 bridgehead atoms. The number of halogens is 2. The molecule has 0 saturated carbocycles. The smallest absolute Gasteiger partial charge is 0.123 e. The first-order valence-corrected chi connectivity index (χ1v) is 6.33. The summed E-state index contributed by atoms with van der Waals surface area (Å²) < 4.78 is 0. The molecule has 2 aromatic heterocycles. The Morgan fingerprint density at radius 3 is 2.68 bits per heavy atom. The summed E-state index contributed by atoms with van der Waals surface area (Å²) in [5, 5.41) is 0.954. The van der Waals surface area contributed by atoms with Gasteiger partial charge < -0.3 is 5.73 Å². The number of hydrogen-bond acceptors (Lipinski definition) is 5. The molecule has 7 heteroatoms. The zero-order valence-electron chi connectivity index (χ0n) is 9.98. The SMILES string of the molecule is NNC(Cc1ccnc(N)c1)c1ncc(Cl)cc1Cl. The van der Waals surface area contributed by atoms with Crippen LogP contribution in [0.15, 0.2) is 30.6 Å². The van der Waals surface area contributed by atoms with Gasteiger partial charge in [0.1, 0.15) is 5.82 Å². The van der Waals surface area contributed by atoms with Crippen LogP contribution in [0.2, 0.25) is 10.0 Å². The van der Waals surface area contributed by atoms with Crippen molar-refractivity contribution >= 4 is 29.0 Å². The van der Waals surface area contributed by atoms with Crippen LogP contribution in [0.1, 0.15) is 17.3 Å². The second kappa shape index (κ2) is 6.16. The molecule has 5 N–H and O–H groups in total. The minimum Gasteiger partial charge on any atom is -0.384 e. The third-order valence-corrected chi connectivity index (χ3v) is 3.16. The van der Waals surface area contributed by atoms with Crippen LogP contribution in [0, 0.1) is 0 Å². The summed E-state index contributed by atoms with van der Waals surface area (Å²) in [4.78, 5) is 8.16. The number of nitrogens with one attached hydrogen (secondary N) is 1. The van der Waals surface area contributed by atoms with Crippen molar-refractivity contribution in [3.8, 4) is 0 Å². The van der Waals surface area contributed by atoms with E-state index in [9.17, 15) is 0 Å². The van der Waals surface area contributed by atoms with Crippen molar-refractivity contribution in [2.45, 2.75) is 12.5 Å². The minimum absolute atomic E-state index is 0.230. The Morgan fingerprint density at radius 1 is 1.26 bits per heavy atom. The summed E-state index contributed by atoms with van der Waals surface area (Å²) in [5.41, 5.74) is 9.97. The van der Waals surface area contributed by atoms with Gasteiger partial charge in [0.05, 0.1) is 21.8 Å². The lowest BCUT2D eigenvalue weighted by molar-refractivity contribution is 0.538. The van der Waals surface area contributed by atoms with Crippen LogP contribution in [0.25, 0.3) is 0 Å². The molecule has 2 aromatic rings. The van der Waals surface area contributed by atoms with E-state index in [-0.39, 0.29) is 6.04 Å². The van der Waals surface area contributed by atoms with Crippen molar-refractivity contribution in [3.05, 3.63) is 51.9 Å². The summed E-state index contributed by atoms with van der Waals surface area (Å²) >= 11 is 11.9. The van der Waals surface area contributed by atoms with Crippen LogP contribution < -0.4 is 17.0 Å². The largest absolute Gasteiger partial charge is 0.384 e. The summed E-state index contributed by atoms with van der Waals surface area (Å²) in [6.07, 6.45) is 3.78. The standard InChI is InChI=1S/C12H13Cl2N5/c13-8-5-9(14)12(18-6-8)10(19-16)3-7-1-2-17-11(15)4-7/h1-2,4-6,10,19H,3,16H2,(H2,15,17). The lowest BCUT2D eigenvalue weighted by Gasteiger charge is -2.17. The lowest BCUT2D eigenvalue weighted by Crippen LogP contribution is -2.30. The number of nitrogens with two attached hydrogens (primary N) is 2. The molecule has 19 heavy (non-hydrogen) atoms. The zero-order chi connectivity index (χ0) is 13.8. The van der Waals surface area contributed by atoms with E-state index in [2.05, 4.69) is 15.4 Å². The summed E-state index contributed by atoms with van der Waals surface area (Å²) in [6, 6.07) is 5.06. The Hall–Kier alpha value is -1.40. The normalized spacial score (nSPS) is 12.4. The summed E-state index contributed by atoms with van der Waals surface area (Å²) in [7, 11) is 0. The number of nitrogens with zero attached hydrogens (tertiary/aromatic N) is 2. The third kappa shape index (κ3) is 3.54. The molecule has 100 valence electrons. The van der Waals surface area contributed by atoms with Crippen LogP contribution in [-0.2, 0) is 6.42 Å². The van der Waals surface area contributed by atoms with Crippen molar-refractivity contribution in [1.29, 1.82) is 0 Å². The number of aromatic nitrogens is 2. The van der Waals surface area contributed by atoms with Crippen molar-refractivity contribution in [2.24, 2.45) is 5.84 Å². The molecule has 2 heterocycles. The molecule has 0 aliphatic carbocycles. The molecule has 1 unspecified atom stereocenters. The van der Waals surface area contributed by atoms with Crippen molar-refractivity contribution in [1.82, 2.24) is 15.4 Å². The topological polar surface area (TPSA) is 89.8 Å². The zero-order valence-corrected chi connectivity index (χ0v) is 11.5. The van der Waals surface area contributed by atoms with Crippen LogP contribution >= 0.6 is 23.2 Å². The van der Waals surface area contributed by atoms with Gasteiger partial charge in [-0.05, 0) is 30.2 Å². The van der Waals surface area contributed by atoms with Gasteiger partial charge in [-0.25, -0.2) is 4.98 Å². The Kier molecular flexibility index (Phi) is 4.55. The second-order valence-electron chi connectivity index (χ2n) is 4.03. The fourth-order valence-electron chi connectivity index (χ4n) is 1.77. The van der Waals surface area contributed by atoms with Gasteiger partial charge >= 0.3 is 0 Å². The van der Waals surface area contributed by atoms with Crippen molar-refractivity contribution in [2.75, 3.05) is 5.73 Å². The van der Waals surface area contributed by atoms with E-state index in [4.69, 9.17) is 34.8 Å². The molecular formula is C12H13Cl2N5. The van der Waals surface area contributed by atoms with Gasteiger partial charge in [0, 0.05) is 12.4 Å². The molecule has 5 nitrogen and oxygen atoms in total. The Balaban J connectivity index is 2.25. The first kappa shape index (κ1) is 14.0. The number of pyridine rings is 2. The molecule has 0 aliphatic heterocycles. The molecule has 0 aromatic carbocycles. The van der Waals surface area contributed by atoms with E-state index in [1.165, 1.54) is 6.20 Å².